The van der Waals surface area contributed by atoms with Crippen molar-refractivity contribution < 1.29 is 13.9 Å². The van der Waals surface area contributed by atoms with Crippen LogP contribution in [0.4, 0.5) is 22.2 Å². The van der Waals surface area contributed by atoms with E-state index < -0.39 is 0 Å². The highest BCUT2D eigenvalue weighted by molar-refractivity contribution is 5.47. The van der Waals surface area contributed by atoms with Gasteiger partial charge in [0.2, 0.25) is 24.6 Å². The maximum absolute atomic E-state index is 13.2. The van der Waals surface area contributed by atoms with Crippen LogP contribution < -0.4 is 25.4 Å². The number of nitrogens with zero attached hydrogens (tertiary/aromatic N) is 3. The Morgan fingerprint density at radius 2 is 1.39 bits per heavy atom. The number of aromatic nitrogens is 3. The lowest BCUT2D eigenvalue weighted by Gasteiger charge is -2.23. The average Bonchev–Trinajstić information content (AvgIpc) is 3.31. The molecule has 172 valence electrons. The fourth-order valence-corrected chi connectivity index (χ4v) is 4.04. The average molecular weight is 451 g/mol. The molecule has 1 fully saturated rings. The minimum atomic E-state index is -0.257. The summed E-state index contributed by atoms with van der Waals surface area (Å²) >= 11 is 0. The first-order valence-corrected chi connectivity index (χ1v) is 11.3. The van der Waals surface area contributed by atoms with E-state index in [1.807, 2.05) is 18.2 Å². The Balaban J connectivity index is 1.30. The Hall–Kier alpha value is -3.62. The van der Waals surface area contributed by atoms with Crippen molar-refractivity contribution in [1.29, 1.82) is 0 Å². The quantitative estimate of drug-likeness (QED) is 0.454. The van der Waals surface area contributed by atoms with Crippen LogP contribution in [-0.2, 0) is 13.1 Å². The minimum Gasteiger partial charge on any atom is -0.454 e. The number of nitrogens with one attached hydrogen (secondary N) is 3. The van der Waals surface area contributed by atoms with E-state index in [1.165, 1.54) is 31.4 Å². The molecule has 0 unspecified atom stereocenters. The molecule has 3 N–H and O–H groups in total. The van der Waals surface area contributed by atoms with E-state index in [0.717, 1.165) is 35.5 Å². The van der Waals surface area contributed by atoms with Crippen molar-refractivity contribution in [2.24, 2.45) is 0 Å². The van der Waals surface area contributed by atoms with Gasteiger partial charge in [-0.2, -0.15) is 15.0 Å². The first-order valence-electron chi connectivity index (χ1n) is 11.3. The summed E-state index contributed by atoms with van der Waals surface area (Å²) in [4.78, 5) is 13.7. The fourth-order valence-electron chi connectivity index (χ4n) is 4.04. The number of benzene rings is 2. The van der Waals surface area contributed by atoms with Gasteiger partial charge in [0, 0.05) is 19.1 Å². The molecule has 5 rings (SSSR count). The number of anilines is 3. The molecular formula is C24H27FN6O2. The third kappa shape index (κ3) is 5.60. The molecular weight excluding hydrogens is 423 g/mol. The van der Waals surface area contributed by atoms with Crippen molar-refractivity contribution in [1.82, 2.24) is 15.0 Å². The van der Waals surface area contributed by atoms with Crippen LogP contribution in [0.2, 0.25) is 0 Å². The van der Waals surface area contributed by atoms with Gasteiger partial charge in [0.25, 0.3) is 0 Å². The first kappa shape index (κ1) is 21.2. The molecule has 1 saturated carbocycles. The Kier molecular flexibility index (Phi) is 6.37. The highest BCUT2D eigenvalue weighted by Crippen LogP contribution is 2.32. The molecule has 33 heavy (non-hydrogen) atoms. The molecule has 0 amide bonds. The van der Waals surface area contributed by atoms with Crippen LogP contribution in [0.5, 0.6) is 11.5 Å². The van der Waals surface area contributed by atoms with E-state index in [4.69, 9.17) is 9.47 Å². The number of halogens is 1. The topological polar surface area (TPSA) is 93.2 Å². The highest BCUT2D eigenvalue weighted by Gasteiger charge is 2.16. The van der Waals surface area contributed by atoms with Crippen molar-refractivity contribution in [2.75, 3.05) is 22.7 Å². The Morgan fingerprint density at radius 3 is 2.15 bits per heavy atom. The van der Waals surface area contributed by atoms with E-state index in [0.29, 0.717) is 37.0 Å². The summed E-state index contributed by atoms with van der Waals surface area (Å²) < 4.78 is 24.0. The largest absolute Gasteiger partial charge is 0.454 e. The standard InChI is InChI=1S/C24H27FN6O2/c25-18-9-6-16(7-10-18)13-26-22-29-23(31-24(30-22)28-19-4-2-1-3-5-19)27-14-17-8-11-20-21(12-17)33-15-32-20/h6-12,19H,1-5,13-15H2,(H3,26,27,28,29,30,31). The maximum Gasteiger partial charge on any atom is 0.231 e. The maximum atomic E-state index is 13.2. The van der Waals surface area contributed by atoms with Crippen LogP contribution in [0.3, 0.4) is 0 Å². The second-order valence-corrected chi connectivity index (χ2v) is 8.31. The van der Waals surface area contributed by atoms with Crippen LogP contribution in [-0.4, -0.2) is 27.8 Å². The van der Waals surface area contributed by atoms with Gasteiger partial charge in [0.15, 0.2) is 11.5 Å². The van der Waals surface area contributed by atoms with E-state index >= 15 is 0 Å². The summed E-state index contributed by atoms with van der Waals surface area (Å²) in [7, 11) is 0. The number of ether oxygens (including phenoxy) is 2. The predicted molar refractivity (Wildman–Crippen MR) is 124 cm³/mol. The van der Waals surface area contributed by atoms with E-state index in [-0.39, 0.29) is 12.6 Å². The van der Waals surface area contributed by atoms with Crippen LogP contribution >= 0.6 is 0 Å². The SMILES string of the molecule is Fc1ccc(CNc2nc(NCc3ccc4c(c3)OCO4)nc(NC3CCCCC3)n2)cc1. The molecule has 1 aliphatic carbocycles. The molecule has 3 aromatic rings. The summed E-state index contributed by atoms with van der Waals surface area (Å²) in [6.45, 7) is 1.26. The van der Waals surface area contributed by atoms with Gasteiger partial charge < -0.3 is 25.4 Å². The third-order valence-corrected chi connectivity index (χ3v) is 5.83. The molecule has 9 heteroatoms. The van der Waals surface area contributed by atoms with Gasteiger partial charge in [-0.3, -0.25) is 0 Å². The number of rotatable bonds is 8. The summed E-state index contributed by atoms with van der Waals surface area (Å²) in [5.74, 6) is 2.72. The lowest BCUT2D eigenvalue weighted by Crippen LogP contribution is -2.24. The zero-order chi connectivity index (χ0) is 22.5. The first-order chi connectivity index (χ1) is 16.2. The number of fused-ring (bicyclic) bond motifs is 1. The van der Waals surface area contributed by atoms with E-state index in [9.17, 15) is 4.39 Å². The molecule has 2 heterocycles. The smallest absolute Gasteiger partial charge is 0.231 e. The summed E-state index contributed by atoms with van der Waals surface area (Å²) in [6.07, 6.45) is 5.94. The summed E-state index contributed by atoms with van der Waals surface area (Å²) in [6, 6.07) is 12.6. The van der Waals surface area contributed by atoms with Gasteiger partial charge >= 0.3 is 0 Å². The monoisotopic (exact) mass is 450 g/mol. The second-order valence-electron chi connectivity index (χ2n) is 8.31. The van der Waals surface area contributed by atoms with Gasteiger partial charge in [-0.15, -0.1) is 0 Å². The second kappa shape index (κ2) is 9.89. The van der Waals surface area contributed by atoms with Crippen molar-refractivity contribution in [3.8, 4) is 11.5 Å². The Labute approximate surface area is 192 Å². The van der Waals surface area contributed by atoms with Crippen molar-refractivity contribution in [3.63, 3.8) is 0 Å². The van der Waals surface area contributed by atoms with Crippen LogP contribution in [0.1, 0.15) is 43.2 Å². The Bertz CT molecular complexity index is 1090. The molecule has 0 saturated heterocycles. The van der Waals surface area contributed by atoms with Gasteiger partial charge in [-0.25, -0.2) is 4.39 Å². The van der Waals surface area contributed by atoms with E-state index in [2.05, 4.69) is 30.9 Å². The lowest BCUT2D eigenvalue weighted by atomic mass is 9.96. The Morgan fingerprint density at radius 1 is 0.758 bits per heavy atom. The number of hydrogen-bond acceptors (Lipinski definition) is 8. The molecule has 0 spiro atoms. The van der Waals surface area contributed by atoms with Crippen molar-refractivity contribution >= 4 is 17.8 Å². The zero-order valence-corrected chi connectivity index (χ0v) is 18.3. The molecule has 2 aromatic carbocycles. The van der Waals surface area contributed by atoms with Gasteiger partial charge in [0.05, 0.1) is 0 Å². The van der Waals surface area contributed by atoms with Crippen LogP contribution in [0, 0.1) is 5.82 Å². The number of hydrogen-bond donors (Lipinski definition) is 3. The summed E-state index contributed by atoms with van der Waals surface area (Å²) in [5, 5.41) is 9.99. The fraction of sp³-hybridized carbons (Fsp3) is 0.375. The van der Waals surface area contributed by atoms with Gasteiger partial charge in [0.1, 0.15) is 5.82 Å². The lowest BCUT2D eigenvalue weighted by molar-refractivity contribution is 0.174. The predicted octanol–water partition coefficient (Wildman–Crippen LogP) is 4.71. The van der Waals surface area contributed by atoms with Gasteiger partial charge in [-0.05, 0) is 48.2 Å². The third-order valence-electron chi connectivity index (χ3n) is 5.83. The van der Waals surface area contributed by atoms with Crippen LogP contribution in [0.25, 0.3) is 0 Å². The normalized spacial score (nSPS) is 15.3. The molecule has 0 bridgehead atoms. The van der Waals surface area contributed by atoms with E-state index in [1.54, 1.807) is 12.1 Å². The molecule has 1 aromatic heterocycles. The molecule has 2 aliphatic rings. The highest BCUT2D eigenvalue weighted by atomic mass is 19.1. The molecule has 0 radical (unpaired) electrons. The van der Waals surface area contributed by atoms with Crippen molar-refractivity contribution in [3.05, 3.63) is 59.4 Å². The van der Waals surface area contributed by atoms with Crippen LogP contribution in [0.15, 0.2) is 42.5 Å². The zero-order valence-electron chi connectivity index (χ0n) is 18.3. The molecule has 0 atom stereocenters. The molecule has 1 aliphatic heterocycles. The minimum absolute atomic E-state index is 0.249. The van der Waals surface area contributed by atoms with Gasteiger partial charge in [-0.1, -0.05) is 37.5 Å². The van der Waals surface area contributed by atoms with Crippen molar-refractivity contribution in [2.45, 2.75) is 51.2 Å². The summed E-state index contributed by atoms with van der Waals surface area (Å²) in [5.41, 5.74) is 1.97. The molecule has 8 nitrogen and oxygen atoms in total.